The quantitative estimate of drug-likeness (QED) is 0.189. The van der Waals surface area contributed by atoms with Crippen molar-refractivity contribution in [2.75, 3.05) is 23.0 Å². The first-order chi connectivity index (χ1) is 16.6. The maximum Gasteiger partial charge on any atom is 0.397 e. The lowest BCUT2D eigenvalue weighted by Crippen LogP contribution is -2.15. The van der Waals surface area contributed by atoms with Gasteiger partial charge in [-0.15, -0.1) is 0 Å². The molecule has 1 aromatic heterocycles. The van der Waals surface area contributed by atoms with E-state index in [-0.39, 0.29) is 27.0 Å². The molecule has 0 unspecified atom stereocenters. The van der Waals surface area contributed by atoms with Gasteiger partial charge in [0.15, 0.2) is 9.84 Å². The summed E-state index contributed by atoms with van der Waals surface area (Å²) in [7, 11) is -12.5. The highest BCUT2D eigenvalue weighted by Crippen LogP contribution is 2.45. The summed E-state index contributed by atoms with van der Waals surface area (Å²) in [6.45, 7) is 0.828. The molecule has 0 aliphatic rings. The molecule has 0 aliphatic carbocycles. The topological polar surface area (TPSA) is 221 Å². The molecule has 0 saturated carbocycles. The van der Waals surface area contributed by atoms with Gasteiger partial charge in [-0.2, -0.15) is 23.4 Å². The van der Waals surface area contributed by atoms with Gasteiger partial charge in [0, 0.05) is 11.4 Å². The Balaban J connectivity index is 1.72. The summed E-state index contributed by atoms with van der Waals surface area (Å²) >= 11 is 5.97. The van der Waals surface area contributed by atoms with Crippen LogP contribution in [0.2, 0.25) is 5.28 Å². The van der Waals surface area contributed by atoms with Crippen molar-refractivity contribution in [2.45, 2.75) is 16.7 Å². The van der Waals surface area contributed by atoms with Gasteiger partial charge in [0.25, 0.3) is 0 Å². The molecular formula is C18H20ClN5O9S3. The van der Waals surface area contributed by atoms with E-state index in [9.17, 15) is 30.5 Å². The lowest BCUT2D eigenvalue weighted by Gasteiger charge is -2.21. The third kappa shape index (κ3) is 7.95. The van der Waals surface area contributed by atoms with Crippen LogP contribution in [-0.2, 0) is 24.4 Å². The third-order valence-corrected chi connectivity index (χ3v) is 7.76. The molecule has 0 saturated heterocycles. The molecule has 14 nitrogen and oxygen atoms in total. The Labute approximate surface area is 212 Å². The lowest BCUT2D eigenvalue weighted by molar-refractivity contribution is 0.284. The molecule has 6 N–H and O–H groups in total. The minimum Gasteiger partial charge on any atom is -0.324 e. The van der Waals surface area contributed by atoms with Crippen molar-refractivity contribution in [2.24, 2.45) is 0 Å². The molecule has 36 heavy (non-hydrogen) atoms. The van der Waals surface area contributed by atoms with Crippen LogP contribution in [0, 0.1) is 6.92 Å². The first kappa shape index (κ1) is 28.0. The average molecular weight is 582 g/mol. The minimum absolute atomic E-state index is 0.0209. The molecule has 0 spiro atoms. The summed E-state index contributed by atoms with van der Waals surface area (Å²) in [5, 5.41) is 5.55. The Kier molecular flexibility index (Phi) is 8.38. The number of anilines is 4. The van der Waals surface area contributed by atoms with Gasteiger partial charge in [0.1, 0.15) is 10.9 Å². The van der Waals surface area contributed by atoms with Crippen molar-refractivity contribution >= 4 is 66.0 Å². The van der Waals surface area contributed by atoms with Crippen molar-refractivity contribution in [3.8, 4) is 0 Å². The Bertz CT molecular complexity index is 1460. The summed E-state index contributed by atoms with van der Waals surface area (Å²) in [6.07, 6.45) is 0. The van der Waals surface area contributed by atoms with Crippen molar-refractivity contribution in [1.29, 1.82) is 0 Å². The summed E-state index contributed by atoms with van der Waals surface area (Å²) < 4.78 is 86.6. The Morgan fingerprint density at radius 2 is 1.42 bits per heavy atom. The van der Waals surface area contributed by atoms with Crippen LogP contribution in [0.5, 0.6) is 0 Å². The predicted octanol–water partition coefficient (Wildman–Crippen LogP) is 3.50. The summed E-state index contributed by atoms with van der Waals surface area (Å²) in [5.41, 5.74) is 1.26. The van der Waals surface area contributed by atoms with Crippen LogP contribution in [0.4, 0.5) is 23.3 Å². The van der Waals surface area contributed by atoms with Gasteiger partial charge >= 0.3 is 10.4 Å². The fraction of sp³-hybridized carbons (Fsp3) is 0.167. The van der Waals surface area contributed by atoms with Crippen LogP contribution >= 0.6 is 22.5 Å². The fourth-order valence-corrected chi connectivity index (χ4v) is 5.26. The molecule has 0 amide bonds. The Morgan fingerprint density at radius 3 is 1.94 bits per heavy atom. The maximum atomic E-state index is 12.3. The van der Waals surface area contributed by atoms with E-state index in [2.05, 4.69) is 29.8 Å². The van der Waals surface area contributed by atoms with E-state index in [1.54, 1.807) is 6.92 Å². The number of hydrogen-bond acceptors (Lipinski definition) is 13. The highest BCUT2D eigenvalue weighted by atomic mass is 35.5. The first-order valence-corrected chi connectivity index (χ1v) is 14.5. The van der Waals surface area contributed by atoms with E-state index in [1.807, 2.05) is 0 Å². The average Bonchev–Trinajstić information content (AvgIpc) is 2.71. The molecule has 2 aromatic carbocycles. The second kappa shape index (κ2) is 10.8. The molecule has 0 radical (unpaired) electrons. The minimum atomic E-state index is -4.75. The lowest BCUT2D eigenvalue weighted by atomic mass is 10.2. The second-order valence-electron chi connectivity index (χ2n) is 7.09. The van der Waals surface area contributed by atoms with E-state index in [4.69, 9.17) is 16.2 Å². The Morgan fingerprint density at radius 1 is 0.861 bits per heavy atom. The zero-order valence-electron chi connectivity index (χ0n) is 18.2. The zero-order valence-corrected chi connectivity index (χ0v) is 21.4. The molecule has 18 heteroatoms. The molecule has 1 heterocycles. The SMILES string of the molecule is Cc1cc(Nc2nc(Cl)nc(Nc3ccc(S(=O)(=O)CCOS(=O)(=O)O)cc3)n2)ccc1S(O)(O)O. The van der Waals surface area contributed by atoms with Crippen molar-refractivity contribution in [3.05, 3.63) is 53.3 Å². The Hall–Kier alpha value is -2.61. The van der Waals surface area contributed by atoms with Crippen LogP contribution < -0.4 is 10.6 Å². The van der Waals surface area contributed by atoms with Crippen LogP contribution in [0.3, 0.4) is 0 Å². The van der Waals surface area contributed by atoms with Gasteiger partial charge < -0.3 is 24.3 Å². The third-order valence-electron chi connectivity index (χ3n) is 4.39. The number of nitrogens with one attached hydrogen (secondary N) is 2. The van der Waals surface area contributed by atoms with Crippen LogP contribution in [0.15, 0.2) is 52.3 Å². The molecular weight excluding hydrogens is 562 g/mol. The fourth-order valence-electron chi connectivity index (χ4n) is 2.87. The molecule has 0 bridgehead atoms. The summed E-state index contributed by atoms with van der Waals surface area (Å²) in [4.78, 5) is 11.9. The van der Waals surface area contributed by atoms with Crippen molar-refractivity contribution < 1.29 is 39.2 Å². The largest absolute Gasteiger partial charge is 0.397 e. The van der Waals surface area contributed by atoms with Crippen molar-refractivity contribution in [1.82, 2.24) is 15.0 Å². The number of hydrogen-bond donors (Lipinski definition) is 6. The number of benzene rings is 2. The smallest absolute Gasteiger partial charge is 0.324 e. The summed E-state index contributed by atoms with van der Waals surface area (Å²) in [5.74, 6) is -0.610. The van der Waals surface area contributed by atoms with Crippen LogP contribution in [0.25, 0.3) is 0 Å². The van der Waals surface area contributed by atoms with E-state index in [1.165, 1.54) is 42.5 Å². The van der Waals surface area contributed by atoms with Gasteiger partial charge in [-0.05, 0) is 66.6 Å². The predicted molar refractivity (Wildman–Crippen MR) is 132 cm³/mol. The number of nitrogens with zero attached hydrogens (tertiary/aromatic N) is 3. The normalized spacial score (nSPS) is 12.8. The molecule has 3 rings (SSSR count). The van der Waals surface area contributed by atoms with E-state index in [0.29, 0.717) is 16.9 Å². The monoisotopic (exact) mass is 581 g/mol. The van der Waals surface area contributed by atoms with Gasteiger partial charge in [0.2, 0.25) is 17.2 Å². The van der Waals surface area contributed by atoms with Crippen LogP contribution in [-0.4, -0.2) is 62.4 Å². The van der Waals surface area contributed by atoms with Gasteiger partial charge in [-0.3, -0.25) is 4.55 Å². The number of aryl methyl sites for hydroxylation is 1. The second-order valence-corrected chi connectivity index (χ2v) is 12.1. The number of rotatable bonds is 10. The molecule has 3 aromatic rings. The standard InChI is InChI=1S/C18H20ClN5O9S3/c1-11-10-13(4-7-15(11)35(27,28)29)21-18-23-16(19)22-17(24-18)20-12-2-5-14(6-3-12)34(25,26)9-8-33-36(30,31)32/h2-7,10,27-29H,8-9H2,1H3,(H,30,31,32)(H2,20,21,22,23,24). The molecule has 0 fully saturated rings. The van der Waals surface area contributed by atoms with Crippen molar-refractivity contribution in [3.63, 3.8) is 0 Å². The number of sulfone groups is 1. The molecule has 0 atom stereocenters. The van der Waals surface area contributed by atoms with Gasteiger partial charge in [-0.25, -0.2) is 12.6 Å². The first-order valence-electron chi connectivity index (χ1n) is 9.64. The van der Waals surface area contributed by atoms with E-state index >= 15 is 0 Å². The van der Waals surface area contributed by atoms with E-state index < -0.39 is 43.5 Å². The molecule has 0 aliphatic heterocycles. The highest BCUT2D eigenvalue weighted by Gasteiger charge is 2.19. The number of halogens is 1. The van der Waals surface area contributed by atoms with E-state index in [0.717, 1.165) is 0 Å². The van der Waals surface area contributed by atoms with Gasteiger partial charge in [-0.1, -0.05) is 0 Å². The zero-order chi connectivity index (χ0) is 26.7. The van der Waals surface area contributed by atoms with Crippen LogP contribution in [0.1, 0.15) is 5.56 Å². The maximum absolute atomic E-state index is 12.3. The number of aromatic nitrogens is 3. The summed E-state index contributed by atoms with van der Waals surface area (Å²) in [6, 6.07) is 9.70. The molecule has 196 valence electrons. The highest BCUT2D eigenvalue weighted by molar-refractivity contribution is 8.19. The van der Waals surface area contributed by atoms with Gasteiger partial charge in [0.05, 0.1) is 22.2 Å².